The average Bonchev–Trinajstić information content (AvgIpc) is 2.48. The molecule has 0 radical (unpaired) electrons. The summed E-state index contributed by atoms with van der Waals surface area (Å²) in [6.45, 7) is 0. The minimum atomic E-state index is -1.00. The lowest BCUT2D eigenvalue weighted by atomic mass is 10.1. The second-order valence-electron chi connectivity index (χ2n) is 4.33. The van der Waals surface area contributed by atoms with Gasteiger partial charge in [0.05, 0.1) is 16.9 Å². The fourth-order valence-corrected chi connectivity index (χ4v) is 2.03. The number of rotatable bonds is 2. The van der Waals surface area contributed by atoms with Gasteiger partial charge in [-0.05, 0) is 24.3 Å². The van der Waals surface area contributed by atoms with Gasteiger partial charge in [-0.1, -0.05) is 18.2 Å². The van der Waals surface area contributed by atoms with Gasteiger partial charge >= 0.3 is 0 Å². The molecule has 0 aliphatic carbocycles. The van der Waals surface area contributed by atoms with E-state index in [1.54, 1.807) is 18.3 Å². The fourth-order valence-electron chi connectivity index (χ4n) is 2.03. The Morgan fingerprint density at radius 2 is 1.80 bits per heavy atom. The number of pyridine rings is 1. The van der Waals surface area contributed by atoms with Gasteiger partial charge < -0.3 is 11.1 Å². The molecule has 0 bridgehead atoms. The Morgan fingerprint density at radius 3 is 2.65 bits per heavy atom. The van der Waals surface area contributed by atoms with E-state index in [0.29, 0.717) is 11.2 Å². The molecule has 0 amide bonds. The maximum atomic E-state index is 13.8. The highest BCUT2D eigenvalue weighted by Gasteiger charge is 2.13. The monoisotopic (exact) mass is 271 g/mol. The Kier molecular flexibility index (Phi) is 2.95. The molecule has 3 N–H and O–H groups in total. The van der Waals surface area contributed by atoms with Crippen molar-refractivity contribution in [2.75, 3.05) is 11.1 Å². The number of fused-ring (bicyclic) bond motifs is 1. The fraction of sp³-hybridized carbons (Fsp3) is 0. The van der Waals surface area contributed by atoms with E-state index in [4.69, 9.17) is 5.73 Å². The van der Waals surface area contributed by atoms with Crippen LogP contribution >= 0.6 is 0 Å². The molecular formula is C15H11F2N3. The van der Waals surface area contributed by atoms with E-state index >= 15 is 0 Å². The van der Waals surface area contributed by atoms with Crippen molar-refractivity contribution in [2.24, 2.45) is 0 Å². The quantitative estimate of drug-likeness (QED) is 0.696. The summed E-state index contributed by atoms with van der Waals surface area (Å²) in [5.74, 6) is -1.95. The molecule has 0 aliphatic heterocycles. The van der Waals surface area contributed by atoms with Gasteiger partial charge in [-0.15, -0.1) is 0 Å². The minimum Gasteiger partial charge on any atom is -0.397 e. The number of para-hydroxylation sites is 1. The van der Waals surface area contributed by atoms with Gasteiger partial charge in [-0.2, -0.15) is 0 Å². The van der Waals surface area contributed by atoms with E-state index in [0.717, 1.165) is 11.5 Å². The Bertz CT molecular complexity index is 782. The van der Waals surface area contributed by atoms with Gasteiger partial charge in [0.1, 0.15) is 5.69 Å². The third-order valence-corrected chi connectivity index (χ3v) is 3.02. The van der Waals surface area contributed by atoms with Crippen molar-refractivity contribution in [3.63, 3.8) is 0 Å². The largest absolute Gasteiger partial charge is 0.397 e. The predicted molar refractivity (Wildman–Crippen MR) is 75.8 cm³/mol. The summed E-state index contributed by atoms with van der Waals surface area (Å²) in [6, 6.07) is 11.4. The molecule has 2 aromatic carbocycles. The third kappa shape index (κ3) is 2.03. The van der Waals surface area contributed by atoms with Crippen LogP contribution in [0.15, 0.2) is 48.7 Å². The van der Waals surface area contributed by atoms with Crippen LogP contribution in [0.4, 0.5) is 25.8 Å². The first kappa shape index (κ1) is 12.3. The summed E-state index contributed by atoms with van der Waals surface area (Å²) in [4.78, 5) is 4.24. The topological polar surface area (TPSA) is 50.9 Å². The first-order valence-electron chi connectivity index (χ1n) is 6.01. The lowest BCUT2D eigenvalue weighted by Crippen LogP contribution is -2.02. The number of nitrogens with zero attached hydrogens (tertiary/aromatic N) is 1. The molecule has 5 heteroatoms. The van der Waals surface area contributed by atoms with Crippen LogP contribution in [-0.2, 0) is 0 Å². The molecule has 0 atom stereocenters. The highest BCUT2D eigenvalue weighted by atomic mass is 19.2. The summed E-state index contributed by atoms with van der Waals surface area (Å²) in [5, 5.41) is 3.72. The van der Waals surface area contributed by atoms with Crippen LogP contribution in [0.2, 0.25) is 0 Å². The molecule has 3 aromatic rings. The van der Waals surface area contributed by atoms with Crippen molar-refractivity contribution in [1.82, 2.24) is 4.98 Å². The van der Waals surface area contributed by atoms with Crippen LogP contribution in [0.3, 0.4) is 0 Å². The highest BCUT2D eigenvalue weighted by molar-refractivity contribution is 5.93. The van der Waals surface area contributed by atoms with Crippen LogP contribution in [0.1, 0.15) is 0 Å². The molecule has 20 heavy (non-hydrogen) atoms. The number of hydrogen-bond acceptors (Lipinski definition) is 3. The van der Waals surface area contributed by atoms with E-state index in [2.05, 4.69) is 10.3 Å². The van der Waals surface area contributed by atoms with Crippen molar-refractivity contribution in [3.8, 4) is 0 Å². The zero-order valence-electron chi connectivity index (χ0n) is 10.4. The smallest absolute Gasteiger partial charge is 0.184 e. The standard InChI is InChI=1S/C15H11F2N3/c16-10-6-7-11(18)15(13(10)17)20-12-5-1-3-9-4-2-8-19-14(9)12/h1-8,20H,18H2. The first-order valence-corrected chi connectivity index (χ1v) is 6.01. The van der Waals surface area contributed by atoms with Gasteiger partial charge in [-0.25, -0.2) is 8.78 Å². The maximum Gasteiger partial charge on any atom is 0.184 e. The Balaban J connectivity index is 2.13. The molecule has 0 saturated carbocycles. The van der Waals surface area contributed by atoms with E-state index in [1.165, 1.54) is 6.07 Å². The first-order chi connectivity index (χ1) is 9.66. The Labute approximate surface area is 114 Å². The molecule has 100 valence electrons. The summed E-state index contributed by atoms with van der Waals surface area (Å²) in [7, 11) is 0. The molecule has 0 unspecified atom stereocenters. The van der Waals surface area contributed by atoms with Crippen LogP contribution in [0.25, 0.3) is 10.9 Å². The third-order valence-electron chi connectivity index (χ3n) is 3.02. The zero-order chi connectivity index (χ0) is 14.1. The number of nitrogens with one attached hydrogen (secondary N) is 1. The normalized spacial score (nSPS) is 10.7. The van der Waals surface area contributed by atoms with Crippen LogP contribution in [-0.4, -0.2) is 4.98 Å². The molecule has 3 nitrogen and oxygen atoms in total. The van der Waals surface area contributed by atoms with Crippen molar-refractivity contribution < 1.29 is 8.78 Å². The second kappa shape index (κ2) is 4.77. The summed E-state index contributed by atoms with van der Waals surface area (Å²) in [6.07, 6.45) is 1.64. The van der Waals surface area contributed by atoms with E-state index < -0.39 is 11.6 Å². The van der Waals surface area contributed by atoms with E-state index in [-0.39, 0.29) is 11.4 Å². The SMILES string of the molecule is Nc1ccc(F)c(F)c1Nc1cccc2cccnc12. The number of aromatic nitrogens is 1. The predicted octanol–water partition coefficient (Wildman–Crippen LogP) is 3.84. The van der Waals surface area contributed by atoms with E-state index in [9.17, 15) is 8.78 Å². The zero-order valence-corrected chi connectivity index (χ0v) is 10.4. The lowest BCUT2D eigenvalue weighted by molar-refractivity contribution is 0.512. The maximum absolute atomic E-state index is 13.8. The minimum absolute atomic E-state index is 0.0804. The average molecular weight is 271 g/mol. The number of anilines is 3. The van der Waals surface area contributed by atoms with Crippen molar-refractivity contribution in [3.05, 3.63) is 60.3 Å². The van der Waals surface area contributed by atoms with Crippen LogP contribution in [0.5, 0.6) is 0 Å². The lowest BCUT2D eigenvalue weighted by Gasteiger charge is -2.12. The molecule has 0 spiro atoms. The number of benzene rings is 2. The number of hydrogen-bond donors (Lipinski definition) is 2. The Hall–Kier alpha value is -2.69. The van der Waals surface area contributed by atoms with Gasteiger partial charge in [0, 0.05) is 11.6 Å². The van der Waals surface area contributed by atoms with Gasteiger partial charge in [0.15, 0.2) is 11.6 Å². The highest BCUT2D eigenvalue weighted by Crippen LogP contribution is 2.30. The molecule has 0 fully saturated rings. The molecule has 0 saturated heterocycles. The van der Waals surface area contributed by atoms with E-state index in [1.807, 2.05) is 18.2 Å². The van der Waals surface area contributed by atoms with Gasteiger partial charge in [-0.3, -0.25) is 4.98 Å². The molecular weight excluding hydrogens is 260 g/mol. The Morgan fingerprint density at radius 1 is 1.00 bits per heavy atom. The van der Waals surface area contributed by atoms with Crippen LogP contribution < -0.4 is 11.1 Å². The van der Waals surface area contributed by atoms with Crippen molar-refractivity contribution in [1.29, 1.82) is 0 Å². The van der Waals surface area contributed by atoms with Crippen LogP contribution in [0, 0.1) is 11.6 Å². The number of nitrogens with two attached hydrogens (primary N) is 1. The second-order valence-corrected chi connectivity index (χ2v) is 4.33. The van der Waals surface area contributed by atoms with Crippen molar-refractivity contribution in [2.45, 2.75) is 0 Å². The van der Waals surface area contributed by atoms with Gasteiger partial charge in [0.25, 0.3) is 0 Å². The number of halogens is 2. The summed E-state index contributed by atoms with van der Waals surface area (Å²) >= 11 is 0. The number of nitrogen functional groups attached to an aromatic ring is 1. The van der Waals surface area contributed by atoms with Gasteiger partial charge in [0.2, 0.25) is 0 Å². The van der Waals surface area contributed by atoms with Crippen molar-refractivity contribution >= 4 is 28.0 Å². The molecule has 1 heterocycles. The molecule has 3 rings (SSSR count). The summed E-state index contributed by atoms with van der Waals surface area (Å²) in [5.41, 5.74) is 6.98. The summed E-state index contributed by atoms with van der Waals surface area (Å²) < 4.78 is 27.1. The molecule has 1 aromatic heterocycles. The molecule has 0 aliphatic rings.